The fraction of sp³-hybridized carbons (Fsp3) is 0.0182. The van der Waals surface area contributed by atoms with E-state index in [2.05, 4.69) is 211 Å². The molecule has 1 aliphatic carbocycles. The molecule has 0 fully saturated rings. The molecule has 0 atom stereocenters. The highest BCUT2D eigenvalue weighted by Crippen LogP contribution is 2.56. The van der Waals surface area contributed by atoms with Gasteiger partial charge in [-0.3, -0.25) is 0 Å². The Morgan fingerprint density at radius 2 is 0.930 bits per heavy atom. The molecule has 0 N–H and O–H groups in total. The summed E-state index contributed by atoms with van der Waals surface area (Å²) in [5, 5.41) is 9.37. The summed E-state index contributed by atoms with van der Waals surface area (Å²) in [6, 6.07) is 77.7. The van der Waals surface area contributed by atoms with Crippen LogP contribution >= 0.6 is 0 Å². The van der Waals surface area contributed by atoms with E-state index in [9.17, 15) is 0 Å². The van der Waals surface area contributed by atoms with Crippen LogP contribution in [0.3, 0.4) is 0 Å². The van der Waals surface area contributed by atoms with Crippen molar-refractivity contribution in [2.24, 2.45) is 0 Å². The van der Waals surface area contributed by atoms with Gasteiger partial charge in [-0.2, -0.15) is 0 Å². The Balaban J connectivity index is 1.10. The second-order valence-corrected chi connectivity index (χ2v) is 15.2. The van der Waals surface area contributed by atoms with Crippen molar-refractivity contribution in [3.8, 4) is 11.1 Å². The van der Waals surface area contributed by atoms with Gasteiger partial charge in [0.15, 0.2) is 0 Å². The minimum atomic E-state index is -0.500. The molecular weight excluding hydrogens is 691 g/mol. The van der Waals surface area contributed by atoms with Crippen molar-refractivity contribution in [2.45, 2.75) is 5.41 Å². The second-order valence-electron chi connectivity index (χ2n) is 15.2. The predicted molar refractivity (Wildman–Crippen MR) is 238 cm³/mol. The van der Waals surface area contributed by atoms with E-state index in [1.165, 1.54) is 54.9 Å². The van der Waals surface area contributed by atoms with Gasteiger partial charge >= 0.3 is 0 Å². The number of rotatable bonds is 5. The van der Waals surface area contributed by atoms with Crippen molar-refractivity contribution in [1.82, 2.24) is 0 Å². The van der Waals surface area contributed by atoms with Crippen molar-refractivity contribution in [3.63, 3.8) is 0 Å². The Morgan fingerprint density at radius 1 is 0.351 bits per heavy atom. The molecule has 1 heterocycles. The molecular formula is C55H35NO. The first-order chi connectivity index (χ1) is 28.3. The summed E-state index contributed by atoms with van der Waals surface area (Å²) in [6.45, 7) is 0. The van der Waals surface area contributed by atoms with E-state index in [1.807, 2.05) is 6.07 Å². The lowest BCUT2D eigenvalue weighted by Gasteiger charge is -2.35. The number of para-hydroxylation sites is 1. The van der Waals surface area contributed by atoms with Crippen molar-refractivity contribution >= 4 is 71.3 Å². The number of nitrogens with zero attached hydrogens (tertiary/aromatic N) is 1. The summed E-state index contributed by atoms with van der Waals surface area (Å²) in [5.74, 6) is 0. The molecule has 0 unspecified atom stereocenters. The van der Waals surface area contributed by atoms with E-state index in [-0.39, 0.29) is 0 Å². The average molecular weight is 726 g/mol. The Hall–Kier alpha value is -7.42. The van der Waals surface area contributed by atoms with Crippen molar-refractivity contribution < 1.29 is 4.42 Å². The van der Waals surface area contributed by atoms with Crippen LogP contribution in [0, 0.1) is 0 Å². The zero-order chi connectivity index (χ0) is 37.5. The van der Waals surface area contributed by atoms with E-state index < -0.39 is 5.41 Å². The molecule has 12 rings (SSSR count). The fourth-order valence-electron chi connectivity index (χ4n) is 9.81. The monoisotopic (exact) mass is 725 g/mol. The van der Waals surface area contributed by atoms with E-state index in [0.717, 1.165) is 49.8 Å². The van der Waals surface area contributed by atoms with Gasteiger partial charge in [-0.1, -0.05) is 164 Å². The Bertz CT molecular complexity index is 3330. The van der Waals surface area contributed by atoms with E-state index >= 15 is 0 Å². The van der Waals surface area contributed by atoms with Gasteiger partial charge in [0.05, 0.1) is 5.41 Å². The normalized spacial score (nSPS) is 13.1. The fourth-order valence-corrected chi connectivity index (χ4v) is 9.81. The van der Waals surface area contributed by atoms with Crippen LogP contribution in [0.5, 0.6) is 0 Å². The minimum Gasteiger partial charge on any atom is -0.455 e. The van der Waals surface area contributed by atoms with Gasteiger partial charge in [0.2, 0.25) is 0 Å². The van der Waals surface area contributed by atoms with Crippen LogP contribution in [-0.4, -0.2) is 0 Å². The molecule has 1 aromatic heterocycles. The number of anilines is 3. The van der Waals surface area contributed by atoms with Gasteiger partial charge in [-0.05, 0) is 109 Å². The Kier molecular flexibility index (Phi) is 6.88. The first-order valence-corrected chi connectivity index (χ1v) is 19.7. The van der Waals surface area contributed by atoms with Gasteiger partial charge < -0.3 is 9.32 Å². The number of hydrogen-bond acceptors (Lipinski definition) is 2. The van der Waals surface area contributed by atoms with Crippen molar-refractivity contribution in [3.05, 3.63) is 235 Å². The molecule has 0 spiro atoms. The molecule has 11 aromatic rings. The third-order valence-corrected chi connectivity index (χ3v) is 12.3. The molecule has 2 nitrogen and oxygen atoms in total. The molecule has 0 saturated carbocycles. The molecule has 266 valence electrons. The van der Waals surface area contributed by atoms with Crippen LogP contribution in [0.15, 0.2) is 217 Å². The second kappa shape index (κ2) is 12.3. The van der Waals surface area contributed by atoms with E-state index in [0.29, 0.717) is 0 Å². The Morgan fingerprint density at radius 3 is 1.75 bits per heavy atom. The zero-order valence-electron chi connectivity index (χ0n) is 31.1. The van der Waals surface area contributed by atoms with Crippen molar-refractivity contribution in [1.29, 1.82) is 0 Å². The predicted octanol–water partition coefficient (Wildman–Crippen LogP) is 14.9. The van der Waals surface area contributed by atoms with Gasteiger partial charge in [0, 0.05) is 33.2 Å². The molecule has 57 heavy (non-hydrogen) atoms. The third-order valence-electron chi connectivity index (χ3n) is 12.3. The highest BCUT2D eigenvalue weighted by atomic mass is 16.3. The smallest absolute Gasteiger partial charge is 0.143 e. The summed E-state index contributed by atoms with van der Waals surface area (Å²) in [7, 11) is 0. The van der Waals surface area contributed by atoms with Gasteiger partial charge in [0.25, 0.3) is 0 Å². The molecule has 1 aliphatic rings. The minimum absolute atomic E-state index is 0.500. The lowest BCUT2D eigenvalue weighted by Crippen LogP contribution is -2.28. The van der Waals surface area contributed by atoms with Crippen LogP contribution in [0.2, 0.25) is 0 Å². The largest absolute Gasteiger partial charge is 0.455 e. The van der Waals surface area contributed by atoms with Crippen LogP contribution in [0.1, 0.15) is 22.3 Å². The third kappa shape index (κ3) is 4.65. The Labute approximate surface area is 330 Å². The van der Waals surface area contributed by atoms with Gasteiger partial charge in [-0.25, -0.2) is 0 Å². The molecule has 0 radical (unpaired) electrons. The van der Waals surface area contributed by atoms with Gasteiger partial charge in [0.1, 0.15) is 11.2 Å². The molecule has 10 aromatic carbocycles. The SMILES string of the molecule is c1ccc(C2(c3cccc(N(c4ccc5ccccc5c4)c4ccc5c(ccc6ccc7c8ccccc8oc7c65)c4)c3)c3ccccc3-c3ccccc32)cc1. The van der Waals surface area contributed by atoms with E-state index in [1.54, 1.807) is 0 Å². The topological polar surface area (TPSA) is 16.4 Å². The first kappa shape index (κ1) is 31.9. The average Bonchev–Trinajstić information content (AvgIpc) is 3.81. The quantitative estimate of drug-likeness (QED) is 0.164. The van der Waals surface area contributed by atoms with Crippen LogP contribution in [0.25, 0.3) is 65.4 Å². The lowest BCUT2D eigenvalue weighted by molar-refractivity contribution is 0.673. The molecule has 0 amide bonds. The zero-order valence-corrected chi connectivity index (χ0v) is 31.1. The molecule has 0 bridgehead atoms. The molecule has 2 heteroatoms. The summed E-state index contributed by atoms with van der Waals surface area (Å²) in [4.78, 5) is 2.42. The van der Waals surface area contributed by atoms with Crippen molar-refractivity contribution in [2.75, 3.05) is 4.90 Å². The van der Waals surface area contributed by atoms with Crippen LogP contribution in [-0.2, 0) is 5.41 Å². The van der Waals surface area contributed by atoms with E-state index in [4.69, 9.17) is 4.42 Å². The highest BCUT2D eigenvalue weighted by Gasteiger charge is 2.46. The number of fused-ring (bicyclic) bond motifs is 11. The number of benzene rings is 10. The number of furan rings is 1. The standard InChI is InChI=1S/C55H35NO/c1-2-15-40(16-3-1)55(50-22-9-6-19-46(50)47-20-7-10-23-51(47)55)41-17-12-18-42(35-41)56(43-29-27-36-13-4-5-14-38(36)33-43)44-30-32-45-39(34-44)26-25-37-28-31-49-48-21-8-11-24-52(48)57-54(49)53(37)45/h1-35H. The maximum absolute atomic E-state index is 6.58. The summed E-state index contributed by atoms with van der Waals surface area (Å²) in [6.07, 6.45) is 0. The summed E-state index contributed by atoms with van der Waals surface area (Å²) in [5.41, 5.74) is 12.3. The highest BCUT2D eigenvalue weighted by molar-refractivity contribution is 6.23. The van der Waals surface area contributed by atoms with Crippen LogP contribution < -0.4 is 4.90 Å². The maximum Gasteiger partial charge on any atom is 0.143 e. The van der Waals surface area contributed by atoms with Crippen LogP contribution in [0.4, 0.5) is 17.1 Å². The molecule has 0 saturated heterocycles. The number of hydrogen-bond donors (Lipinski definition) is 0. The summed E-state index contributed by atoms with van der Waals surface area (Å²) >= 11 is 0. The lowest BCUT2D eigenvalue weighted by atomic mass is 9.67. The maximum atomic E-state index is 6.58. The molecule has 0 aliphatic heterocycles. The first-order valence-electron chi connectivity index (χ1n) is 19.7. The summed E-state index contributed by atoms with van der Waals surface area (Å²) < 4.78 is 6.58. The van der Waals surface area contributed by atoms with Gasteiger partial charge in [-0.15, -0.1) is 0 Å².